The summed E-state index contributed by atoms with van der Waals surface area (Å²) in [6.07, 6.45) is 5.22. The van der Waals surface area contributed by atoms with E-state index in [1.54, 1.807) is 30.2 Å². The normalized spacial score (nSPS) is 22.1. The average molecular weight is 473 g/mol. The Balaban J connectivity index is 1.27. The van der Waals surface area contributed by atoms with E-state index in [0.717, 1.165) is 43.2 Å². The molecule has 1 amide bonds. The van der Waals surface area contributed by atoms with Crippen LogP contribution in [0.5, 0.6) is 17.2 Å². The first kappa shape index (κ1) is 23.1. The number of nitrogens with zero attached hydrogens (tertiary/aromatic N) is 2. The number of hydrogen-bond donors (Lipinski definition) is 0. The zero-order chi connectivity index (χ0) is 24.4. The lowest BCUT2D eigenvalue weighted by atomic mass is 9.82. The Hall–Kier alpha value is -3.64. The molecule has 2 heterocycles. The molecule has 2 unspecified atom stereocenters. The third-order valence-corrected chi connectivity index (χ3v) is 6.95. The van der Waals surface area contributed by atoms with Crippen molar-refractivity contribution < 1.29 is 18.7 Å². The number of amides is 1. The molecule has 1 spiro atoms. The molecule has 35 heavy (non-hydrogen) atoms. The second-order valence-electron chi connectivity index (χ2n) is 9.29. The summed E-state index contributed by atoms with van der Waals surface area (Å²) in [5, 5.41) is 0. The Morgan fingerprint density at radius 2 is 1.77 bits per heavy atom. The summed E-state index contributed by atoms with van der Waals surface area (Å²) in [5.74, 6) is 1.92. The van der Waals surface area contributed by atoms with Crippen molar-refractivity contribution in [3.63, 3.8) is 0 Å². The van der Waals surface area contributed by atoms with Crippen LogP contribution in [-0.4, -0.2) is 36.0 Å². The molecular formula is C29H29FN2O3. The molecular weight excluding hydrogens is 443 g/mol. The third-order valence-electron chi connectivity index (χ3n) is 6.95. The van der Waals surface area contributed by atoms with Gasteiger partial charge in [0, 0.05) is 30.9 Å². The minimum absolute atomic E-state index is 0.0837. The maximum Gasteiger partial charge on any atom is 0.251 e. The fourth-order valence-corrected chi connectivity index (χ4v) is 5.21. The summed E-state index contributed by atoms with van der Waals surface area (Å²) in [7, 11) is 1.64. The molecule has 3 aromatic rings. The van der Waals surface area contributed by atoms with Gasteiger partial charge < -0.3 is 9.47 Å². The lowest BCUT2D eigenvalue weighted by Gasteiger charge is -2.47. The highest BCUT2D eigenvalue weighted by Gasteiger charge is 2.46. The van der Waals surface area contributed by atoms with Crippen LogP contribution in [0.3, 0.4) is 0 Å². The van der Waals surface area contributed by atoms with Gasteiger partial charge in [-0.2, -0.15) is 0 Å². The predicted molar refractivity (Wildman–Crippen MR) is 134 cm³/mol. The molecule has 2 aliphatic heterocycles. The van der Waals surface area contributed by atoms with Crippen LogP contribution in [-0.2, 0) is 11.3 Å². The highest BCUT2D eigenvalue weighted by atomic mass is 19.1. The second-order valence-corrected chi connectivity index (χ2v) is 9.29. The summed E-state index contributed by atoms with van der Waals surface area (Å²) in [5.41, 5.74) is 1.36. The number of carbonyl (C=O) groups is 1. The van der Waals surface area contributed by atoms with E-state index in [0.29, 0.717) is 5.69 Å². The number of piperidine rings is 1. The largest absolute Gasteiger partial charge is 0.497 e. The Kier molecular flexibility index (Phi) is 6.31. The maximum absolute atomic E-state index is 13.9. The Morgan fingerprint density at radius 1 is 1.00 bits per heavy atom. The minimum atomic E-state index is -0.417. The van der Waals surface area contributed by atoms with Crippen molar-refractivity contribution in [2.24, 2.45) is 0 Å². The average Bonchev–Trinajstić information content (AvgIpc) is 3.17. The Bertz CT molecular complexity index is 1240. The molecule has 0 radical (unpaired) electrons. The van der Waals surface area contributed by atoms with E-state index >= 15 is 0 Å². The van der Waals surface area contributed by atoms with E-state index in [1.807, 2.05) is 42.5 Å². The first-order valence-corrected chi connectivity index (χ1v) is 11.9. The number of anilines is 1. The van der Waals surface area contributed by atoms with Gasteiger partial charge in [-0.1, -0.05) is 24.3 Å². The highest BCUT2D eigenvalue weighted by Crippen LogP contribution is 2.41. The van der Waals surface area contributed by atoms with E-state index < -0.39 is 5.54 Å². The van der Waals surface area contributed by atoms with Crippen LogP contribution < -0.4 is 14.4 Å². The lowest BCUT2D eigenvalue weighted by molar-refractivity contribution is -0.114. The van der Waals surface area contributed by atoms with Crippen molar-refractivity contribution in [1.82, 2.24) is 4.90 Å². The zero-order valence-corrected chi connectivity index (χ0v) is 20.0. The Morgan fingerprint density at radius 3 is 2.51 bits per heavy atom. The second kappa shape index (κ2) is 9.55. The standard InChI is InChI=1S/C29H29FN2O3/c1-21-19-29(14-13-28(33)32(29)24-7-4-6-23(30)18-24)15-16-31(21)20-22-5-3-8-27(17-22)35-26-11-9-25(34-2)10-12-26/h3-14,17-18,21H,15-16,19-20H2,1-2H3. The molecule has 5 rings (SSSR count). The number of likely N-dealkylation sites (tertiary alicyclic amines) is 1. The number of benzene rings is 3. The van der Waals surface area contributed by atoms with Crippen LogP contribution in [0.25, 0.3) is 0 Å². The number of methoxy groups -OCH3 is 1. The van der Waals surface area contributed by atoms with E-state index in [9.17, 15) is 9.18 Å². The van der Waals surface area contributed by atoms with Crippen LogP contribution in [0.2, 0.25) is 0 Å². The highest BCUT2D eigenvalue weighted by molar-refractivity contribution is 6.06. The number of hydrogen-bond acceptors (Lipinski definition) is 4. The van der Waals surface area contributed by atoms with E-state index in [1.165, 1.54) is 17.7 Å². The molecule has 5 nitrogen and oxygen atoms in total. The van der Waals surface area contributed by atoms with Crippen LogP contribution in [0.15, 0.2) is 84.9 Å². The molecule has 0 aromatic heterocycles. The predicted octanol–water partition coefficient (Wildman–Crippen LogP) is 5.95. The van der Waals surface area contributed by atoms with Crippen LogP contribution in [0.1, 0.15) is 25.3 Å². The van der Waals surface area contributed by atoms with E-state index in [-0.39, 0.29) is 17.8 Å². The van der Waals surface area contributed by atoms with Gasteiger partial charge in [-0.15, -0.1) is 0 Å². The molecule has 3 aromatic carbocycles. The molecule has 180 valence electrons. The molecule has 1 saturated heterocycles. The van der Waals surface area contributed by atoms with Gasteiger partial charge in [-0.3, -0.25) is 14.6 Å². The lowest BCUT2D eigenvalue weighted by Crippen LogP contribution is -2.56. The Labute approximate surface area is 205 Å². The summed E-state index contributed by atoms with van der Waals surface area (Å²) in [6, 6.07) is 22.2. The van der Waals surface area contributed by atoms with E-state index in [2.05, 4.69) is 24.0 Å². The minimum Gasteiger partial charge on any atom is -0.497 e. The number of rotatable bonds is 6. The van der Waals surface area contributed by atoms with Crippen LogP contribution in [0.4, 0.5) is 10.1 Å². The van der Waals surface area contributed by atoms with Crippen molar-refractivity contribution in [3.8, 4) is 17.2 Å². The molecule has 6 heteroatoms. The van der Waals surface area contributed by atoms with Crippen molar-refractivity contribution >= 4 is 11.6 Å². The molecule has 0 saturated carbocycles. The van der Waals surface area contributed by atoms with Gasteiger partial charge in [0.05, 0.1) is 12.6 Å². The number of carbonyl (C=O) groups excluding carboxylic acids is 1. The topological polar surface area (TPSA) is 42.0 Å². The van der Waals surface area contributed by atoms with Gasteiger partial charge in [0.2, 0.25) is 0 Å². The van der Waals surface area contributed by atoms with Crippen molar-refractivity contribution in [3.05, 3.63) is 96.3 Å². The fraction of sp³-hybridized carbons (Fsp3) is 0.276. The van der Waals surface area contributed by atoms with E-state index in [4.69, 9.17) is 9.47 Å². The van der Waals surface area contributed by atoms with Gasteiger partial charge in [0.25, 0.3) is 5.91 Å². The first-order chi connectivity index (χ1) is 17.0. The summed E-state index contributed by atoms with van der Waals surface area (Å²) < 4.78 is 25.2. The number of ether oxygens (including phenoxy) is 2. The van der Waals surface area contributed by atoms with Crippen molar-refractivity contribution in [2.45, 2.75) is 37.9 Å². The van der Waals surface area contributed by atoms with Crippen LogP contribution >= 0.6 is 0 Å². The summed E-state index contributed by atoms with van der Waals surface area (Å²) in [4.78, 5) is 16.9. The molecule has 0 N–H and O–H groups in total. The molecule has 0 aliphatic carbocycles. The molecule has 2 aliphatic rings. The summed E-state index contributed by atoms with van der Waals surface area (Å²) >= 11 is 0. The molecule has 1 fully saturated rings. The van der Waals surface area contributed by atoms with Gasteiger partial charge >= 0.3 is 0 Å². The zero-order valence-electron chi connectivity index (χ0n) is 20.0. The first-order valence-electron chi connectivity index (χ1n) is 11.9. The van der Waals surface area contributed by atoms with Crippen molar-refractivity contribution in [1.29, 1.82) is 0 Å². The fourth-order valence-electron chi connectivity index (χ4n) is 5.21. The SMILES string of the molecule is COc1ccc(Oc2cccc(CN3CCC4(C=CC(=O)N4c4cccc(F)c4)CC3C)c2)cc1. The van der Waals surface area contributed by atoms with Gasteiger partial charge in [0.15, 0.2) is 0 Å². The smallest absolute Gasteiger partial charge is 0.251 e. The van der Waals surface area contributed by atoms with Gasteiger partial charge in [-0.05, 0) is 79.9 Å². The molecule has 0 bridgehead atoms. The van der Waals surface area contributed by atoms with Crippen LogP contribution in [0, 0.1) is 5.82 Å². The number of halogens is 1. The van der Waals surface area contributed by atoms with Crippen molar-refractivity contribution in [2.75, 3.05) is 18.6 Å². The maximum atomic E-state index is 13.9. The summed E-state index contributed by atoms with van der Waals surface area (Å²) in [6.45, 7) is 3.81. The molecule has 2 atom stereocenters. The van der Waals surface area contributed by atoms with Gasteiger partial charge in [-0.25, -0.2) is 4.39 Å². The van der Waals surface area contributed by atoms with Gasteiger partial charge in [0.1, 0.15) is 23.1 Å². The monoisotopic (exact) mass is 472 g/mol. The quantitative estimate of drug-likeness (QED) is 0.444. The third kappa shape index (κ3) is 4.80.